The van der Waals surface area contributed by atoms with Crippen molar-refractivity contribution in [2.75, 3.05) is 0 Å². The van der Waals surface area contributed by atoms with Gasteiger partial charge in [0, 0.05) is 0 Å². The van der Waals surface area contributed by atoms with Crippen LogP contribution in [0, 0.1) is 0 Å². The molecule has 0 aliphatic heterocycles. The quantitative estimate of drug-likeness (QED) is 0.903. The summed E-state index contributed by atoms with van der Waals surface area (Å²) >= 11 is 0. The van der Waals surface area contributed by atoms with Crippen LogP contribution < -0.4 is 0 Å². The Bertz CT molecular complexity index is 716. The zero-order valence-electron chi connectivity index (χ0n) is 9.95. The van der Waals surface area contributed by atoms with Crippen LogP contribution in [0.2, 0.25) is 0 Å². The lowest BCUT2D eigenvalue weighted by atomic mass is 10.2. The summed E-state index contributed by atoms with van der Waals surface area (Å²) in [7, 11) is -3.71. The van der Waals surface area contributed by atoms with E-state index in [2.05, 4.69) is 6.58 Å². The average molecular weight is 276 g/mol. The minimum Gasteiger partial charge on any atom is -0.508 e. The summed E-state index contributed by atoms with van der Waals surface area (Å²) in [5.41, 5.74) is 0.327. The first-order chi connectivity index (χ1) is 8.95. The summed E-state index contributed by atoms with van der Waals surface area (Å²) in [5, 5.41) is 18.6. The van der Waals surface area contributed by atoms with E-state index >= 15 is 0 Å². The van der Waals surface area contributed by atoms with Gasteiger partial charge in [0.1, 0.15) is 11.5 Å². The Kier molecular flexibility index (Phi) is 3.31. The van der Waals surface area contributed by atoms with Gasteiger partial charge in [-0.05, 0) is 48.0 Å². The number of phenols is 2. The Balaban J connectivity index is 2.63. The molecular weight excluding hydrogens is 264 g/mol. The number of hydrogen-bond donors (Lipinski definition) is 2. The summed E-state index contributed by atoms with van der Waals surface area (Å²) in [6, 6.07) is 9.23. The molecule has 4 nitrogen and oxygen atoms in total. The van der Waals surface area contributed by atoms with Crippen LogP contribution in [0.3, 0.4) is 0 Å². The van der Waals surface area contributed by atoms with E-state index in [0.717, 1.165) is 0 Å². The lowest BCUT2D eigenvalue weighted by molar-refractivity contribution is 0.474. The summed E-state index contributed by atoms with van der Waals surface area (Å²) in [5.74, 6) is -0.0341. The average Bonchev–Trinajstić information content (AvgIpc) is 2.38. The largest absolute Gasteiger partial charge is 0.508 e. The van der Waals surface area contributed by atoms with Crippen LogP contribution in [0.5, 0.6) is 11.5 Å². The van der Waals surface area contributed by atoms with Crippen molar-refractivity contribution in [2.24, 2.45) is 0 Å². The van der Waals surface area contributed by atoms with Gasteiger partial charge < -0.3 is 10.2 Å². The fourth-order valence-electron chi connectivity index (χ4n) is 1.69. The standard InChI is InChI=1S/C14H12O4S/c1-2-10-9-12(16)5-8-14(10)19(17,18)13-6-3-11(15)4-7-13/h2-9,15-16H,1H2. The summed E-state index contributed by atoms with van der Waals surface area (Å²) < 4.78 is 24.9. The van der Waals surface area contributed by atoms with Gasteiger partial charge in [0.2, 0.25) is 9.84 Å². The van der Waals surface area contributed by atoms with E-state index in [1.807, 2.05) is 0 Å². The van der Waals surface area contributed by atoms with Crippen molar-refractivity contribution in [1.82, 2.24) is 0 Å². The summed E-state index contributed by atoms with van der Waals surface area (Å²) in [4.78, 5) is 0.130. The third-order valence-corrected chi connectivity index (χ3v) is 4.49. The second kappa shape index (κ2) is 4.78. The van der Waals surface area contributed by atoms with Crippen LogP contribution in [0.25, 0.3) is 6.08 Å². The molecule has 0 aliphatic carbocycles. The lowest BCUT2D eigenvalue weighted by Crippen LogP contribution is -2.03. The third-order valence-electron chi connectivity index (χ3n) is 2.65. The maximum atomic E-state index is 12.4. The smallest absolute Gasteiger partial charge is 0.207 e. The number of aromatic hydroxyl groups is 2. The molecule has 2 rings (SSSR count). The molecule has 0 heterocycles. The Morgan fingerprint density at radius 2 is 1.53 bits per heavy atom. The van der Waals surface area contributed by atoms with Crippen molar-refractivity contribution in [2.45, 2.75) is 9.79 Å². The third kappa shape index (κ3) is 2.46. The van der Waals surface area contributed by atoms with Crippen molar-refractivity contribution in [3.05, 3.63) is 54.6 Å². The van der Waals surface area contributed by atoms with Gasteiger partial charge in [-0.25, -0.2) is 8.42 Å². The van der Waals surface area contributed by atoms with Crippen molar-refractivity contribution in [3.8, 4) is 11.5 Å². The van der Waals surface area contributed by atoms with E-state index in [0.29, 0.717) is 5.56 Å². The van der Waals surface area contributed by atoms with Gasteiger partial charge in [-0.2, -0.15) is 0 Å². The van der Waals surface area contributed by atoms with Crippen LogP contribution in [-0.2, 0) is 9.84 Å². The topological polar surface area (TPSA) is 74.6 Å². The summed E-state index contributed by atoms with van der Waals surface area (Å²) in [6.07, 6.45) is 1.37. The van der Waals surface area contributed by atoms with Crippen LogP contribution in [0.1, 0.15) is 5.56 Å². The molecule has 0 atom stereocenters. The highest BCUT2D eigenvalue weighted by Gasteiger charge is 2.20. The molecule has 2 N–H and O–H groups in total. The second-order valence-corrected chi connectivity index (χ2v) is 5.84. The van der Waals surface area contributed by atoms with E-state index in [4.69, 9.17) is 0 Å². The number of benzene rings is 2. The maximum absolute atomic E-state index is 12.4. The van der Waals surface area contributed by atoms with Gasteiger partial charge in [-0.1, -0.05) is 12.7 Å². The van der Waals surface area contributed by atoms with E-state index in [9.17, 15) is 18.6 Å². The Morgan fingerprint density at radius 3 is 2.11 bits per heavy atom. The first-order valence-electron chi connectivity index (χ1n) is 5.45. The maximum Gasteiger partial charge on any atom is 0.207 e. The van der Waals surface area contributed by atoms with Crippen LogP contribution >= 0.6 is 0 Å². The fourth-order valence-corrected chi connectivity index (χ4v) is 3.14. The molecule has 2 aromatic carbocycles. The van der Waals surface area contributed by atoms with Gasteiger partial charge in [0.05, 0.1) is 9.79 Å². The lowest BCUT2D eigenvalue weighted by Gasteiger charge is -2.08. The van der Waals surface area contributed by atoms with Gasteiger partial charge in [-0.15, -0.1) is 0 Å². The molecule has 0 fully saturated rings. The first kappa shape index (κ1) is 13.2. The SMILES string of the molecule is C=Cc1cc(O)ccc1S(=O)(=O)c1ccc(O)cc1. The molecule has 19 heavy (non-hydrogen) atoms. The van der Waals surface area contributed by atoms with Gasteiger partial charge in [-0.3, -0.25) is 0 Å². The fraction of sp³-hybridized carbons (Fsp3) is 0. The summed E-state index contributed by atoms with van der Waals surface area (Å²) in [6.45, 7) is 3.54. The zero-order valence-corrected chi connectivity index (χ0v) is 10.8. The van der Waals surface area contributed by atoms with E-state index < -0.39 is 9.84 Å². The van der Waals surface area contributed by atoms with Gasteiger partial charge in [0.25, 0.3) is 0 Å². The van der Waals surface area contributed by atoms with Crippen molar-refractivity contribution in [1.29, 1.82) is 0 Å². The number of hydrogen-bond acceptors (Lipinski definition) is 4. The van der Waals surface area contributed by atoms with E-state index in [-0.39, 0.29) is 21.3 Å². The van der Waals surface area contributed by atoms with Crippen molar-refractivity contribution in [3.63, 3.8) is 0 Å². The van der Waals surface area contributed by atoms with Gasteiger partial charge >= 0.3 is 0 Å². The molecule has 0 radical (unpaired) electrons. The highest BCUT2D eigenvalue weighted by molar-refractivity contribution is 7.91. The second-order valence-electron chi connectivity index (χ2n) is 3.92. The molecule has 2 aromatic rings. The Hall–Kier alpha value is -2.27. The van der Waals surface area contributed by atoms with E-state index in [1.54, 1.807) is 0 Å². The molecule has 0 spiro atoms. The predicted octanol–water partition coefficient (Wildman–Crippen LogP) is 2.57. The zero-order chi connectivity index (χ0) is 14.0. The minimum atomic E-state index is -3.71. The number of phenolic OH excluding ortho intramolecular Hbond substituents is 2. The molecule has 0 aromatic heterocycles. The predicted molar refractivity (Wildman–Crippen MR) is 71.8 cm³/mol. The van der Waals surface area contributed by atoms with Gasteiger partial charge in [0.15, 0.2) is 0 Å². The molecule has 0 aliphatic rings. The number of sulfone groups is 1. The van der Waals surface area contributed by atoms with E-state index in [1.165, 1.54) is 48.5 Å². The molecule has 0 unspecified atom stereocenters. The molecule has 5 heteroatoms. The van der Waals surface area contributed by atoms with Crippen LogP contribution in [0.15, 0.2) is 58.8 Å². The molecule has 98 valence electrons. The minimum absolute atomic E-state index is 0.00593. The highest BCUT2D eigenvalue weighted by atomic mass is 32.2. The molecule has 0 bridgehead atoms. The normalized spacial score (nSPS) is 11.2. The number of rotatable bonds is 3. The first-order valence-corrected chi connectivity index (χ1v) is 6.93. The highest BCUT2D eigenvalue weighted by Crippen LogP contribution is 2.28. The van der Waals surface area contributed by atoms with Crippen molar-refractivity contribution < 1.29 is 18.6 Å². The Labute approximate surface area is 111 Å². The molecular formula is C14H12O4S. The van der Waals surface area contributed by atoms with Crippen molar-refractivity contribution >= 4 is 15.9 Å². The molecule has 0 amide bonds. The molecule has 0 saturated heterocycles. The molecule has 0 saturated carbocycles. The Morgan fingerprint density at radius 1 is 0.947 bits per heavy atom. The van der Waals surface area contributed by atoms with Crippen LogP contribution in [0.4, 0.5) is 0 Å². The monoisotopic (exact) mass is 276 g/mol. The van der Waals surface area contributed by atoms with Crippen LogP contribution in [-0.4, -0.2) is 18.6 Å².